The van der Waals surface area contributed by atoms with Gasteiger partial charge in [-0.3, -0.25) is 4.79 Å². The summed E-state index contributed by atoms with van der Waals surface area (Å²) >= 11 is 0. The fourth-order valence-electron chi connectivity index (χ4n) is 2.04. The molecule has 0 unspecified atom stereocenters. The maximum Gasteiger partial charge on any atom is 0.261 e. The van der Waals surface area contributed by atoms with Gasteiger partial charge in [-0.1, -0.05) is 5.16 Å². The third kappa shape index (κ3) is 3.09. The number of amides is 1. The Morgan fingerprint density at radius 3 is 2.48 bits per heavy atom. The Labute approximate surface area is 131 Å². The van der Waals surface area contributed by atoms with Crippen molar-refractivity contribution in [1.82, 2.24) is 5.16 Å². The molecule has 0 atom stereocenters. The molecule has 112 valence electrons. The van der Waals surface area contributed by atoms with Gasteiger partial charge in [0.1, 0.15) is 11.4 Å². The Bertz CT molecular complexity index is 877. The lowest BCUT2D eigenvalue weighted by Gasteiger charge is -2.05. The number of anilines is 1. The van der Waals surface area contributed by atoms with E-state index in [-0.39, 0.29) is 17.1 Å². The van der Waals surface area contributed by atoms with Crippen LogP contribution in [0.25, 0.3) is 11.3 Å². The normalized spacial score (nSPS) is 10.1. The molecule has 6 heteroatoms. The smallest absolute Gasteiger partial charge is 0.261 e. The van der Waals surface area contributed by atoms with Crippen LogP contribution in [0.2, 0.25) is 0 Å². The van der Waals surface area contributed by atoms with Crippen LogP contribution < -0.4 is 5.32 Å². The molecule has 0 radical (unpaired) electrons. The first kappa shape index (κ1) is 14.5. The van der Waals surface area contributed by atoms with Gasteiger partial charge in [0.15, 0.2) is 5.76 Å². The Balaban J connectivity index is 1.84. The molecule has 0 saturated carbocycles. The van der Waals surface area contributed by atoms with Gasteiger partial charge in [-0.15, -0.1) is 0 Å². The SMILES string of the molecule is N#Cc1ccc(NC(=O)c2cnoc2-c2ccc(F)cc2)cc1. The maximum absolute atomic E-state index is 13.0. The largest absolute Gasteiger partial charge is 0.355 e. The van der Waals surface area contributed by atoms with E-state index in [9.17, 15) is 9.18 Å². The minimum atomic E-state index is -0.407. The molecule has 0 aliphatic heterocycles. The van der Waals surface area contributed by atoms with Crippen LogP contribution in [0.3, 0.4) is 0 Å². The van der Waals surface area contributed by atoms with Gasteiger partial charge in [-0.05, 0) is 48.5 Å². The maximum atomic E-state index is 13.0. The molecule has 0 saturated heterocycles. The van der Waals surface area contributed by atoms with Gasteiger partial charge in [-0.2, -0.15) is 5.26 Å². The third-order valence-electron chi connectivity index (χ3n) is 3.19. The van der Waals surface area contributed by atoms with Crippen molar-refractivity contribution < 1.29 is 13.7 Å². The van der Waals surface area contributed by atoms with Crippen molar-refractivity contribution in [2.75, 3.05) is 5.32 Å². The molecule has 0 spiro atoms. The summed E-state index contributed by atoms with van der Waals surface area (Å²) in [5, 5.41) is 15.1. The molecule has 0 bridgehead atoms. The average molecular weight is 307 g/mol. The Morgan fingerprint density at radius 2 is 1.83 bits per heavy atom. The zero-order valence-corrected chi connectivity index (χ0v) is 11.8. The predicted octanol–water partition coefficient (Wildman–Crippen LogP) is 3.60. The molecule has 1 N–H and O–H groups in total. The van der Waals surface area contributed by atoms with Crippen LogP contribution in [0.4, 0.5) is 10.1 Å². The van der Waals surface area contributed by atoms with E-state index in [1.165, 1.54) is 30.5 Å². The van der Waals surface area contributed by atoms with Gasteiger partial charge in [0.05, 0.1) is 17.8 Å². The molecule has 5 nitrogen and oxygen atoms in total. The van der Waals surface area contributed by atoms with E-state index < -0.39 is 5.91 Å². The summed E-state index contributed by atoms with van der Waals surface area (Å²) in [7, 11) is 0. The number of nitrogens with one attached hydrogen (secondary N) is 1. The summed E-state index contributed by atoms with van der Waals surface area (Å²) in [4.78, 5) is 12.3. The number of carbonyl (C=O) groups is 1. The number of hydrogen-bond acceptors (Lipinski definition) is 4. The van der Waals surface area contributed by atoms with E-state index in [1.54, 1.807) is 24.3 Å². The van der Waals surface area contributed by atoms with E-state index in [0.29, 0.717) is 16.8 Å². The first-order valence-electron chi connectivity index (χ1n) is 6.69. The Kier molecular flexibility index (Phi) is 3.85. The van der Waals surface area contributed by atoms with E-state index in [1.807, 2.05) is 6.07 Å². The van der Waals surface area contributed by atoms with Crippen molar-refractivity contribution >= 4 is 11.6 Å². The first-order valence-corrected chi connectivity index (χ1v) is 6.69. The molecule has 1 amide bonds. The molecular weight excluding hydrogens is 297 g/mol. The second kappa shape index (κ2) is 6.12. The van der Waals surface area contributed by atoms with Gasteiger partial charge in [0.2, 0.25) is 0 Å². The highest BCUT2D eigenvalue weighted by atomic mass is 19.1. The van der Waals surface area contributed by atoms with Gasteiger partial charge in [0.25, 0.3) is 5.91 Å². The molecule has 1 heterocycles. The highest BCUT2D eigenvalue weighted by Gasteiger charge is 2.18. The van der Waals surface area contributed by atoms with Crippen LogP contribution in [0.15, 0.2) is 59.3 Å². The second-order valence-electron chi connectivity index (χ2n) is 4.72. The van der Waals surface area contributed by atoms with E-state index in [2.05, 4.69) is 10.5 Å². The minimum absolute atomic E-state index is 0.237. The topological polar surface area (TPSA) is 78.9 Å². The average Bonchev–Trinajstić information content (AvgIpc) is 3.06. The molecule has 3 aromatic rings. The van der Waals surface area contributed by atoms with Crippen LogP contribution in [0, 0.1) is 17.1 Å². The van der Waals surface area contributed by atoms with Gasteiger partial charge in [-0.25, -0.2) is 4.39 Å². The molecule has 0 fully saturated rings. The van der Waals surface area contributed by atoms with Crippen molar-refractivity contribution in [2.24, 2.45) is 0 Å². The van der Waals surface area contributed by atoms with Crippen LogP contribution >= 0.6 is 0 Å². The molecular formula is C17H10FN3O2. The fraction of sp³-hybridized carbons (Fsp3) is 0. The zero-order valence-electron chi connectivity index (χ0n) is 11.8. The Hall–Kier alpha value is -3.46. The second-order valence-corrected chi connectivity index (χ2v) is 4.72. The van der Waals surface area contributed by atoms with Gasteiger partial charge < -0.3 is 9.84 Å². The zero-order chi connectivity index (χ0) is 16.2. The van der Waals surface area contributed by atoms with Crippen LogP contribution in [0.5, 0.6) is 0 Å². The number of halogens is 1. The van der Waals surface area contributed by atoms with Crippen molar-refractivity contribution in [3.8, 4) is 17.4 Å². The summed E-state index contributed by atoms with van der Waals surface area (Å²) in [6.45, 7) is 0. The number of carbonyl (C=O) groups excluding carboxylic acids is 1. The molecule has 0 aliphatic carbocycles. The lowest BCUT2D eigenvalue weighted by Crippen LogP contribution is -2.12. The summed E-state index contributed by atoms with van der Waals surface area (Å²) in [5.41, 5.74) is 1.83. The summed E-state index contributed by atoms with van der Waals surface area (Å²) in [6.07, 6.45) is 1.30. The van der Waals surface area contributed by atoms with Crippen LogP contribution in [-0.4, -0.2) is 11.1 Å². The molecule has 1 aromatic heterocycles. The van der Waals surface area contributed by atoms with E-state index in [0.717, 1.165) is 0 Å². The monoisotopic (exact) mass is 307 g/mol. The fourth-order valence-corrected chi connectivity index (χ4v) is 2.04. The Morgan fingerprint density at radius 1 is 1.13 bits per heavy atom. The molecule has 3 rings (SSSR count). The quantitative estimate of drug-likeness (QED) is 0.801. The summed E-state index contributed by atoms with van der Waals surface area (Å²) < 4.78 is 18.1. The van der Waals surface area contributed by atoms with Crippen molar-refractivity contribution in [3.05, 3.63) is 71.7 Å². The lowest BCUT2D eigenvalue weighted by atomic mass is 10.1. The number of nitriles is 1. The summed E-state index contributed by atoms with van der Waals surface area (Å²) in [6, 6.07) is 14.0. The van der Waals surface area contributed by atoms with E-state index in [4.69, 9.17) is 9.78 Å². The highest BCUT2D eigenvalue weighted by Crippen LogP contribution is 2.24. The third-order valence-corrected chi connectivity index (χ3v) is 3.19. The number of nitrogens with zero attached hydrogens (tertiary/aromatic N) is 2. The first-order chi connectivity index (χ1) is 11.2. The van der Waals surface area contributed by atoms with Crippen LogP contribution in [-0.2, 0) is 0 Å². The van der Waals surface area contributed by atoms with Crippen LogP contribution in [0.1, 0.15) is 15.9 Å². The highest BCUT2D eigenvalue weighted by molar-refractivity contribution is 6.07. The van der Waals surface area contributed by atoms with E-state index >= 15 is 0 Å². The number of benzene rings is 2. The predicted molar refractivity (Wildman–Crippen MR) is 81.0 cm³/mol. The van der Waals surface area contributed by atoms with Gasteiger partial charge >= 0.3 is 0 Å². The molecule has 0 aliphatic rings. The number of hydrogen-bond donors (Lipinski definition) is 1. The van der Waals surface area contributed by atoms with Gasteiger partial charge in [0, 0.05) is 11.3 Å². The lowest BCUT2D eigenvalue weighted by molar-refractivity contribution is 0.102. The minimum Gasteiger partial charge on any atom is -0.355 e. The van der Waals surface area contributed by atoms with Crippen molar-refractivity contribution in [3.63, 3.8) is 0 Å². The molecule has 23 heavy (non-hydrogen) atoms. The number of aromatic nitrogens is 1. The standard InChI is InChI=1S/C17H10FN3O2/c18-13-5-3-12(4-6-13)16-15(10-20-23-16)17(22)21-14-7-1-11(9-19)2-8-14/h1-8,10H,(H,21,22). The van der Waals surface area contributed by atoms with Crippen molar-refractivity contribution in [2.45, 2.75) is 0 Å². The van der Waals surface area contributed by atoms with Crippen molar-refractivity contribution in [1.29, 1.82) is 5.26 Å². The number of rotatable bonds is 3. The summed E-state index contributed by atoms with van der Waals surface area (Å²) in [5.74, 6) is -0.525. The molecule has 2 aromatic carbocycles.